The topological polar surface area (TPSA) is 148 Å². The van der Waals surface area contributed by atoms with Crippen LogP contribution in [0.15, 0.2) is 91.0 Å². The molecule has 16 heteroatoms. The van der Waals surface area contributed by atoms with Crippen LogP contribution in [0.2, 0.25) is 22.2 Å². The quantitative estimate of drug-likeness (QED) is 0.109. The van der Waals surface area contributed by atoms with Crippen LogP contribution >= 0.6 is 0 Å². The van der Waals surface area contributed by atoms with Crippen LogP contribution in [0.4, 0.5) is 0 Å². The van der Waals surface area contributed by atoms with Crippen molar-refractivity contribution in [3.05, 3.63) is 108 Å². The summed E-state index contributed by atoms with van der Waals surface area (Å²) in [5.41, 5.74) is 2.85. The summed E-state index contributed by atoms with van der Waals surface area (Å²) in [7, 11) is -3.60. The van der Waals surface area contributed by atoms with Crippen LogP contribution in [-0.2, 0) is 73.6 Å². The van der Waals surface area contributed by atoms with Crippen molar-refractivity contribution in [2.75, 3.05) is 27.4 Å². The highest BCUT2D eigenvalue weighted by Gasteiger charge is 2.64. The van der Waals surface area contributed by atoms with E-state index in [2.05, 4.69) is 55.4 Å². The van der Waals surface area contributed by atoms with E-state index in [1.165, 1.54) is 14.2 Å². The molecule has 0 amide bonds. The smallest absolute Gasteiger partial charge is 0.366 e. The highest BCUT2D eigenvalue weighted by Crippen LogP contribution is 2.49. The van der Waals surface area contributed by atoms with Gasteiger partial charge >= 0.3 is 23.1 Å². The number of fused-ring (bicyclic) bond motifs is 1. The van der Waals surface area contributed by atoms with E-state index >= 15 is 0 Å². The molecule has 4 heterocycles. The molecule has 4 saturated heterocycles. The van der Waals surface area contributed by atoms with Gasteiger partial charge in [-0.05, 0) is 33.3 Å². The second kappa shape index (κ2) is 21.6. The number of ether oxygens (including phenoxy) is 9. The van der Waals surface area contributed by atoms with Gasteiger partial charge in [-0.3, -0.25) is 0 Å². The molecule has 0 aromatic heterocycles. The van der Waals surface area contributed by atoms with Gasteiger partial charge in [0.25, 0.3) is 5.79 Å². The van der Waals surface area contributed by atoms with Crippen molar-refractivity contribution >= 4 is 23.1 Å². The first kappa shape index (κ1) is 50.0. The van der Waals surface area contributed by atoms with E-state index in [0.29, 0.717) is 0 Å². The molecule has 4 aliphatic heterocycles. The fourth-order valence-corrected chi connectivity index (χ4v) is 20.9. The fraction of sp³-hybridized carbons (Fsp3) is 0.612. The Balaban J connectivity index is 1.30. The molecule has 14 nitrogen and oxygen atoms in total. The van der Waals surface area contributed by atoms with Crippen molar-refractivity contribution in [3.63, 3.8) is 0 Å². The standard InChI is InChI=1S/C49H70O14Si2/c1-31(2)64(32(3)4)57-30-40(62-65(63-64,33(5)6)34(7)8)43-41(38(50)26-49(53-10,61-43)48(51)52-9)59-47-45(55-28-36-22-16-12-17-23-36)44(54-27-35-20-14-11-15-21-35)42-39(58-47)29-56-46(60-42)37-24-18-13-19-25-37/h11-25,31-34,38-47,50H,26-30H2,1-10H3/t38-,39-,40-,41-,42-,43-,44+,45-,46?,47-,49-/m1/s1. The first-order chi connectivity index (χ1) is 31.2. The molecule has 0 aliphatic carbocycles. The zero-order valence-corrected chi connectivity index (χ0v) is 41.5. The Morgan fingerprint density at radius 3 is 1.78 bits per heavy atom. The summed E-state index contributed by atoms with van der Waals surface area (Å²) >= 11 is 0. The number of esters is 1. The summed E-state index contributed by atoms with van der Waals surface area (Å²) in [6.07, 6.45) is -9.83. The van der Waals surface area contributed by atoms with Crippen molar-refractivity contribution in [2.45, 2.75) is 164 Å². The predicted molar refractivity (Wildman–Crippen MR) is 245 cm³/mol. The van der Waals surface area contributed by atoms with Crippen LogP contribution < -0.4 is 0 Å². The van der Waals surface area contributed by atoms with Gasteiger partial charge in [0.05, 0.1) is 45.7 Å². The lowest BCUT2D eigenvalue weighted by molar-refractivity contribution is -0.394. The minimum Gasteiger partial charge on any atom is -0.465 e. The van der Waals surface area contributed by atoms with Crippen molar-refractivity contribution in [1.29, 1.82) is 0 Å². The van der Waals surface area contributed by atoms with Gasteiger partial charge in [-0.15, -0.1) is 0 Å². The SMILES string of the molecule is COC(=O)[C@@]1(OC)C[C@@H](O)[C@@H](O[C@H]2O[C@@H]3COC(c4ccccc4)O[C@H]3[C@H](OCc3ccccc3)[C@H]2OCc2ccccc2)[C@@H]([C@H]2CO[Si](C(C)C)(C(C)C)O[Si](C(C)C)(C(C)C)O2)O1. The van der Waals surface area contributed by atoms with E-state index in [4.69, 9.17) is 55.6 Å². The molecule has 3 aromatic rings. The van der Waals surface area contributed by atoms with E-state index in [9.17, 15) is 9.90 Å². The zero-order chi connectivity index (χ0) is 46.5. The Labute approximate surface area is 386 Å². The van der Waals surface area contributed by atoms with Crippen LogP contribution in [0.25, 0.3) is 0 Å². The van der Waals surface area contributed by atoms with Crippen LogP contribution in [-0.4, -0.2) is 117 Å². The molecule has 4 aliphatic rings. The van der Waals surface area contributed by atoms with E-state index < -0.39 is 90.3 Å². The molecule has 1 N–H and O–H groups in total. The second-order valence-corrected chi connectivity index (χ2v) is 27.6. The van der Waals surface area contributed by atoms with Gasteiger partial charge in [0.15, 0.2) is 12.6 Å². The van der Waals surface area contributed by atoms with Gasteiger partial charge in [0.2, 0.25) is 0 Å². The molecule has 1 unspecified atom stereocenters. The number of carbonyl (C=O) groups is 1. The normalized spacial score (nSPS) is 32.6. The first-order valence-corrected chi connectivity index (χ1v) is 27.1. The van der Waals surface area contributed by atoms with Crippen molar-refractivity contribution in [1.82, 2.24) is 0 Å². The Kier molecular flexibility index (Phi) is 16.6. The van der Waals surface area contributed by atoms with E-state index in [1.54, 1.807) is 0 Å². The van der Waals surface area contributed by atoms with Crippen LogP contribution in [0.3, 0.4) is 0 Å². The summed E-state index contributed by atoms with van der Waals surface area (Å²) in [4.78, 5) is 13.7. The Morgan fingerprint density at radius 1 is 0.692 bits per heavy atom. The maximum absolute atomic E-state index is 13.7. The maximum atomic E-state index is 13.7. The summed E-state index contributed by atoms with van der Waals surface area (Å²) < 4.78 is 80.6. The van der Waals surface area contributed by atoms with Gasteiger partial charge < -0.3 is 60.7 Å². The lowest BCUT2D eigenvalue weighted by Crippen LogP contribution is -2.68. The number of benzene rings is 3. The third-order valence-corrected chi connectivity index (χ3v) is 23.5. The number of carbonyl (C=O) groups excluding carboxylic acids is 1. The van der Waals surface area contributed by atoms with Gasteiger partial charge in [0.1, 0.15) is 36.6 Å². The van der Waals surface area contributed by atoms with Crippen molar-refractivity contribution in [2.24, 2.45) is 0 Å². The molecule has 358 valence electrons. The van der Waals surface area contributed by atoms with Crippen molar-refractivity contribution < 1.29 is 65.5 Å². The maximum Gasteiger partial charge on any atom is 0.366 e. The third-order valence-electron chi connectivity index (χ3n) is 13.3. The van der Waals surface area contributed by atoms with Gasteiger partial charge in [-0.25, -0.2) is 4.79 Å². The number of methoxy groups -OCH3 is 2. The zero-order valence-electron chi connectivity index (χ0n) is 39.5. The average molecular weight is 939 g/mol. The van der Waals surface area contributed by atoms with Crippen LogP contribution in [0.5, 0.6) is 0 Å². The molecule has 0 radical (unpaired) electrons. The highest BCUT2D eigenvalue weighted by molar-refractivity contribution is 6.84. The van der Waals surface area contributed by atoms with E-state index in [0.717, 1.165) is 16.7 Å². The largest absolute Gasteiger partial charge is 0.465 e. The van der Waals surface area contributed by atoms with Gasteiger partial charge in [0, 0.05) is 19.1 Å². The minimum atomic E-state index is -3.21. The number of hydrogen-bond acceptors (Lipinski definition) is 14. The molecule has 3 aromatic carbocycles. The number of hydrogen-bond donors (Lipinski definition) is 1. The van der Waals surface area contributed by atoms with E-state index in [1.807, 2.05) is 91.0 Å². The Morgan fingerprint density at radius 2 is 1.25 bits per heavy atom. The third kappa shape index (κ3) is 10.6. The minimum absolute atomic E-state index is 0.0142. The molecule has 0 spiro atoms. The molecule has 11 atom stereocenters. The van der Waals surface area contributed by atoms with Gasteiger partial charge in [-0.2, -0.15) is 0 Å². The first-order valence-electron chi connectivity index (χ1n) is 23.1. The van der Waals surface area contributed by atoms with Crippen molar-refractivity contribution in [3.8, 4) is 0 Å². The highest BCUT2D eigenvalue weighted by atomic mass is 28.5. The fourth-order valence-electron chi connectivity index (χ4n) is 9.75. The average Bonchev–Trinajstić information content (AvgIpc) is 3.51. The molecule has 7 rings (SSSR count). The van der Waals surface area contributed by atoms with Gasteiger partial charge in [-0.1, -0.05) is 146 Å². The predicted octanol–water partition coefficient (Wildman–Crippen LogP) is 8.00. The molecule has 4 fully saturated rings. The second-order valence-electron chi connectivity index (χ2n) is 18.8. The summed E-state index contributed by atoms with van der Waals surface area (Å²) in [5, 5.41) is 12.4. The van der Waals surface area contributed by atoms with E-state index in [-0.39, 0.29) is 55.0 Å². The Bertz CT molecular complexity index is 1930. The number of aliphatic hydroxyl groups excluding tert-OH is 1. The van der Waals surface area contributed by atoms with Crippen LogP contribution in [0, 0.1) is 0 Å². The molecular formula is C49H70O14Si2. The molecule has 0 saturated carbocycles. The summed E-state index contributed by atoms with van der Waals surface area (Å²) in [5.74, 6) is -2.81. The number of aliphatic hydroxyl groups is 1. The molecule has 65 heavy (non-hydrogen) atoms. The molecule has 0 bridgehead atoms. The lowest BCUT2D eigenvalue weighted by atomic mass is 9.91. The summed E-state index contributed by atoms with van der Waals surface area (Å²) in [6, 6.07) is 29.4. The summed E-state index contributed by atoms with van der Waals surface area (Å²) in [6.45, 7) is 17.7. The monoisotopic (exact) mass is 938 g/mol. The Hall–Kier alpha value is -2.92. The number of rotatable bonds is 16. The molecular weight excluding hydrogens is 869 g/mol. The lowest BCUT2D eigenvalue weighted by Gasteiger charge is -2.52. The van der Waals surface area contributed by atoms with Crippen LogP contribution in [0.1, 0.15) is 84.8 Å².